The van der Waals surface area contributed by atoms with Crippen LogP contribution in [0.4, 0.5) is 0 Å². The van der Waals surface area contributed by atoms with Crippen molar-refractivity contribution >= 4 is 28.9 Å². The molecule has 2 rings (SSSR count). The number of carbonyl (C=O) groups excluding carboxylic acids is 1. The summed E-state index contributed by atoms with van der Waals surface area (Å²) in [5.41, 5.74) is 1.82. The van der Waals surface area contributed by atoms with Crippen LogP contribution in [0.2, 0.25) is 0 Å². The molecule has 0 saturated carbocycles. The van der Waals surface area contributed by atoms with Gasteiger partial charge in [0.05, 0.1) is 5.56 Å². The Bertz CT molecular complexity index is 890. The van der Waals surface area contributed by atoms with Crippen LogP contribution in [0, 0.1) is 0 Å². The van der Waals surface area contributed by atoms with Crippen LogP contribution in [0.25, 0.3) is 6.08 Å². The van der Waals surface area contributed by atoms with Crippen LogP contribution in [0.5, 0.6) is 11.5 Å². The fraction of sp³-hybridized carbons (Fsp3) is 0.462. The smallest absolute Gasteiger partial charge is 0.185 e. The first kappa shape index (κ1) is 24.1. The summed E-state index contributed by atoms with van der Waals surface area (Å²) in [5.74, 6) is 1.43. The highest BCUT2D eigenvalue weighted by atomic mass is 32.1. The lowest BCUT2D eigenvalue weighted by molar-refractivity contribution is -0.111. The zero-order valence-corrected chi connectivity index (χ0v) is 20.1. The third kappa shape index (κ3) is 7.24. The second-order valence-corrected chi connectivity index (χ2v) is 10.0. The molecule has 0 heterocycles. The number of thiocarbonyl (C=S) groups is 1. The molecule has 0 aromatic heterocycles. The third-order valence-electron chi connectivity index (χ3n) is 4.24. The van der Waals surface area contributed by atoms with Crippen molar-refractivity contribution in [2.24, 2.45) is 0 Å². The predicted molar refractivity (Wildman–Crippen MR) is 130 cm³/mol. The average molecular weight is 427 g/mol. The summed E-state index contributed by atoms with van der Waals surface area (Å²) in [6, 6.07) is 4.05. The number of ketones is 1. The minimum absolute atomic E-state index is 0.0574. The molecule has 0 N–H and O–H groups in total. The summed E-state index contributed by atoms with van der Waals surface area (Å²) in [5, 5.41) is 0. The molecule has 0 unspecified atom stereocenters. The maximum absolute atomic E-state index is 12.8. The van der Waals surface area contributed by atoms with Gasteiger partial charge in [-0.3, -0.25) is 4.79 Å². The molecule has 0 radical (unpaired) electrons. The van der Waals surface area contributed by atoms with Gasteiger partial charge in [-0.2, -0.15) is 0 Å². The van der Waals surface area contributed by atoms with E-state index in [-0.39, 0.29) is 17.0 Å². The summed E-state index contributed by atoms with van der Waals surface area (Å²) in [7, 11) is 0. The number of ether oxygens (including phenoxy) is 2. The lowest BCUT2D eigenvalue weighted by Crippen LogP contribution is -2.26. The Hall–Kier alpha value is -2.20. The third-order valence-corrected chi connectivity index (χ3v) is 4.54. The molecule has 0 amide bonds. The number of allylic oxidation sites excluding steroid dienone is 5. The number of benzene rings is 1. The van der Waals surface area contributed by atoms with Gasteiger partial charge in [-0.1, -0.05) is 43.8 Å². The van der Waals surface area contributed by atoms with Crippen molar-refractivity contribution < 1.29 is 14.3 Å². The fourth-order valence-corrected chi connectivity index (χ4v) is 3.21. The summed E-state index contributed by atoms with van der Waals surface area (Å²) in [6.45, 7) is 14.3. The maximum Gasteiger partial charge on any atom is 0.185 e. The standard InChI is InChI=1S/C26H34O3S/c1-8-9-19-12-17-23(28-25(2,3)4)21(24(19)29-26(5,6)7)15-16-22(27)18-10-13-20(30)14-11-18/h10-13,15-17H,8-9,14H2,1-7H3/b16-15+. The van der Waals surface area contributed by atoms with Gasteiger partial charge >= 0.3 is 0 Å². The average Bonchev–Trinajstić information content (AvgIpc) is 2.61. The molecule has 30 heavy (non-hydrogen) atoms. The minimum atomic E-state index is -0.375. The number of hydrogen-bond acceptors (Lipinski definition) is 4. The van der Waals surface area contributed by atoms with E-state index in [9.17, 15) is 4.79 Å². The molecule has 4 heteroatoms. The van der Waals surface area contributed by atoms with E-state index in [0.29, 0.717) is 17.7 Å². The SMILES string of the molecule is CCCc1ccc(OC(C)(C)C)c(/C=C/C(=O)C2=CCC(=S)C=C2)c1OC(C)(C)C. The Labute approximate surface area is 186 Å². The summed E-state index contributed by atoms with van der Waals surface area (Å²) in [6.07, 6.45) is 11.4. The first-order chi connectivity index (χ1) is 13.9. The highest BCUT2D eigenvalue weighted by Gasteiger charge is 2.23. The zero-order chi connectivity index (χ0) is 22.5. The molecule has 0 bridgehead atoms. The van der Waals surface area contributed by atoms with Crippen molar-refractivity contribution in [2.45, 2.75) is 78.9 Å². The Morgan fingerprint density at radius 3 is 2.27 bits per heavy atom. The van der Waals surface area contributed by atoms with Gasteiger partial charge in [-0.25, -0.2) is 0 Å². The Morgan fingerprint density at radius 1 is 1.07 bits per heavy atom. The van der Waals surface area contributed by atoms with E-state index in [2.05, 4.69) is 13.0 Å². The summed E-state index contributed by atoms with van der Waals surface area (Å²) >= 11 is 5.17. The molecule has 0 aliphatic heterocycles. The largest absolute Gasteiger partial charge is 0.487 e. The Balaban J connectivity index is 2.53. The van der Waals surface area contributed by atoms with Crippen LogP contribution in [0.3, 0.4) is 0 Å². The normalized spacial score (nSPS) is 14.8. The lowest BCUT2D eigenvalue weighted by atomic mass is 9.99. The van der Waals surface area contributed by atoms with E-state index in [1.807, 2.05) is 65.8 Å². The molecule has 0 saturated heterocycles. The number of hydrogen-bond donors (Lipinski definition) is 0. The first-order valence-electron chi connectivity index (χ1n) is 10.6. The van der Waals surface area contributed by atoms with Crippen LogP contribution in [0.1, 0.15) is 72.4 Å². The van der Waals surface area contributed by atoms with Crippen LogP contribution >= 0.6 is 12.2 Å². The second-order valence-electron chi connectivity index (χ2n) is 9.51. The maximum atomic E-state index is 12.8. The second kappa shape index (κ2) is 9.74. The molecular formula is C26H34O3S. The van der Waals surface area contributed by atoms with Crippen molar-refractivity contribution in [2.75, 3.05) is 0 Å². The van der Waals surface area contributed by atoms with E-state index in [4.69, 9.17) is 21.7 Å². The van der Waals surface area contributed by atoms with Crippen LogP contribution in [0.15, 0.2) is 42.0 Å². The first-order valence-corrected chi connectivity index (χ1v) is 11.0. The van der Waals surface area contributed by atoms with Crippen LogP contribution < -0.4 is 9.47 Å². The highest BCUT2D eigenvalue weighted by molar-refractivity contribution is 7.80. The molecule has 1 aromatic carbocycles. The van der Waals surface area contributed by atoms with E-state index in [1.54, 1.807) is 12.2 Å². The van der Waals surface area contributed by atoms with Gasteiger partial charge in [0.1, 0.15) is 22.7 Å². The van der Waals surface area contributed by atoms with Gasteiger partial charge in [0, 0.05) is 16.9 Å². The van der Waals surface area contributed by atoms with E-state index < -0.39 is 0 Å². The fourth-order valence-electron chi connectivity index (χ4n) is 3.06. The molecule has 1 aliphatic rings. The highest BCUT2D eigenvalue weighted by Crippen LogP contribution is 2.38. The molecule has 1 aliphatic carbocycles. The quantitative estimate of drug-likeness (QED) is 0.353. The minimum Gasteiger partial charge on any atom is -0.487 e. The Morgan fingerprint density at radius 2 is 1.73 bits per heavy atom. The number of aryl methyl sites for hydroxylation is 1. The monoisotopic (exact) mass is 426 g/mol. The van der Waals surface area contributed by atoms with E-state index in [0.717, 1.165) is 34.6 Å². The topological polar surface area (TPSA) is 35.5 Å². The van der Waals surface area contributed by atoms with Gasteiger partial charge in [0.15, 0.2) is 5.78 Å². The van der Waals surface area contributed by atoms with Gasteiger partial charge in [-0.15, -0.1) is 0 Å². The molecule has 0 spiro atoms. The summed E-state index contributed by atoms with van der Waals surface area (Å²) in [4.78, 5) is 13.6. The van der Waals surface area contributed by atoms with Gasteiger partial charge < -0.3 is 9.47 Å². The number of rotatable bonds is 7. The van der Waals surface area contributed by atoms with Crippen molar-refractivity contribution in [3.8, 4) is 11.5 Å². The van der Waals surface area contributed by atoms with Gasteiger partial charge in [-0.05, 0) is 77.8 Å². The van der Waals surface area contributed by atoms with Crippen molar-refractivity contribution in [1.82, 2.24) is 0 Å². The van der Waals surface area contributed by atoms with E-state index >= 15 is 0 Å². The molecule has 0 atom stereocenters. The zero-order valence-electron chi connectivity index (χ0n) is 19.3. The summed E-state index contributed by atoms with van der Waals surface area (Å²) < 4.78 is 12.6. The molecule has 3 nitrogen and oxygen atoms in total. The van der Waals surface area contributed by atoms with Crippen molar-refractivity contribution in [3.05, 3.63) is 53.1 Å². The van der Waals surface area contributed by atoms with Crippen LogP contribution in [-0.2, 0) is 11.2 Å². The number of carbonyl (C=O) groups is 1. The van der Waals surface area contributed by atoms with Crippen molar-refractivity contribution in [1.29, 1.82) is 0 Å². The van der Waals surface area contributed by atoms with Crippen molar-refractivity contribution in [3.63, 3.8) is 0 Å². The van der Waals surface area contributed by atoms with Gasteiger partial charge in [0.25, 0.3) is 0 Å². The van der Waals surface area contributed by atoms with Gasteiger partial charge in [0.2, 0.25) is 0 Å². The Kier molecular flexibility index (Phi) is 7.81. The van der Waals surface area contributed by atoms with E-state index in [1.165, 1.54) is 0 Å². The van der Waals surface area contributed by atoms with Crippen LogP contribution in [-0.4, -0.2) is 21.8 Å². The predicted octanol–water partition coefficient (Wildman–Crippen LogP) is 6.83. The molecule has 162 valence electrons. The lowest BCUT2D eigenvalue weighted by Gasteiger charge is -2.28. The molecular weight excluding hydrogens is 392 g/mol. The molecule has 0 fully saturated rings. The molecule has 1 aromatic rings.